The Morgan fingerprint density at radius 1 is 1.32 bits per heavy atom. The summed E-state index contributed by atoms with van der Waals surface area (Å²) in [6.45, 7) is 5.05. The van der Waals surface area contributed by atoms with E-state index in [1.54, 1.807) is 0 Å². The second-order valence-corrected chi connectivity index (χ2v) is 5.44. The first kappa shape index (κ1) is 16.8. The van der Waals surface area contributed by atoms with Crippen molar-refractivity contribution in [2.75, 3.05) is 26.4 Å². The van der Waals surface area contributed by atoms with Gasteiger partial charge in [-0.1, -0.05) is 13.3 Å². The van der Waals surface area contributed by atoms with Crippen LogP contribution < -0.4 is 0 Å². The molecule has 0 aromatic rings. The molecule has 6 nitrogen and oxygen atoms in total. The van der Waals surface area contributed by atoms with Crippen LogP contribution in [-0.4, -0.2) is 65.3 Å². The maximum absolute atomic E-state index is 9.72. The van der Waals surface area contributed by atoms with Gasteiger partial charge >= 0.3 is 0 Å². The van der Waals surface area contributed by atoms with Crippen LogP contribution in [0.5, 0.6) is 0 Å². The molecule has 0 aliphatic carbocycles. The number of hydrogen-bond acceptors (Lipinski definition) is 6. The molecule has 1 rings (SSSR count). The van der Waals surface area contributed by atoms with Crippen LogP contribution in [0.4, 0.5) is 0 Å². The lowest BCUT2D eigenvalue weighted by Gasteiger charge is -2.33. The molecule has 0 spiro atoms. The van der Waals surface area contributed by atoms with Gasteiger partial charge in [0.05, 0.1) is 19.8 Å². The molecular formula is C13H26O6. The molecule has 2 atom stereocenters. The monoisotopic (exact) mass is 278 g/mol. The van der Waals surface area contributed by atoms with Crippen LogP contribution in [0.1, 0.15) is 33.6 Å². The fraction of sp³-hybridized carbons (Fsp3) is 1.00. The Hall–Kier alpha value is -0.240. The number of rotatable bonds is 8. The topological polar surface area (TPSA) is 88.4 Å². The van der Waals surface area contributed by atoms with Crippen molar-refractivity contribution in [2.24, 2.45) is 0 Å². The summed E-state index contributed by atoms with van der Waals surface area (Å²) in [7, 11) is 0. The third kappa shape index (κ3) is 4.37. The van der Waals surface area contributed by atoms with Crippen molar-refractivity contribution < 1.29 is 29.5 Å². The normalized spacial score (nSPS) is 26.8. The van der Waals surface area contributed by atoms with Crippen LogP contribution in [0.15, 0.2) is 0 Å². The standard InChI is InChI=1S/C13H26O6/c1-4-5-6-17-11-10(19-12(2,3)16)7-18-13(11,8-14)9-15/h10-11,14-16H,4-9H2,1-3H3/t10?,11-/m1/s1. The van der Waals surface area contributed by atoms with Crippen LogP contribution in [-0.2, 0) is 14.2 Å². The van der Waals surface area contributed by atoms with Crippen LogP contribution in [0.3, 0.4) is 0 Å². The van der Waals surface area contributed by atoms with Gasteiger partial charge in [0.1, 0.15) is 17.8 Å². The Morgan fingerprint density at radius 3 is 2.42 bits per heavy atom. The highest BCUT2D eigenvalue weighted by molar-refractivity contribution is 4.99. The van der Waals surface area contributed by atoms with Crippen LogP contribution in [0, 0.1) is 0 Å². The zero-order valence-electron chi connectivity index (χ0n) is 12.0. The Labute approximate surface area is 114 Å². The molecule has 1 aliphatic rings. The van der Waals surface area contributed by atoms with Crippen molar-refractivity contribution in [1.82, 2.24) is 0 Å². The van der Waals surface area contributed by atoms with Crippen molar-refractivity contribution in [3.63, 3.8) is 0 Å². The fourth-order valence-electron chi connectivity index (χ4n) is 2.16. The minimum Gasteiger partial charge on any atom is -0.393 e. The Morgan fingerprint density at radius 2 is 1.95 bits per heavy atom. The second-order valence-electron chi connectivity index (χ2n) is 5.44. The number of unbranched alkanes of at least 4 members (excludes halogenated alkanes) is 1. The zero-order chi connectivity index (χ0) is 14.5. The largest absolute Gasteiger partial charge is 0.393 e. The summed E-state index contributed by atoms with van der Waals surface area (Å²) in [6, 6.07) is 0. The van der Waals surface area contributed by atoms with Crippen molar-refractivity contribution >= 4 is 0 Å². The van der Waals surface area contributed by atoms with Gasteiger partial charge in [0.15, 0.2) is 5.79 Å². The molecule has 1 aliphatic heterocycles. The molecule has 0 amide bonds. The first-order valence-electron chi connectivity index (χ1n) is 6.76. The molecule has 0 saturated carbocycles. The maximum atomic E-state index is 9.72. The van der Waals surface area contributed by atoms with Gasteiger partial charge in [-0.3, -0.25) is 0 Å². The molecular weight excluding hydrogens is 252 g/mol. The summed E-state index contributed by atoms with van der Waals surface area (Å²) in [5.41, 5.74) is -1.16. The smallest absolute Gasteiger partial charge is 0.160 e. The van der Waals surface area contributed by atoms with Crippen LogP contribution in [0.25, 0.3) is 0 Å². The molecule has 1 heterocycles. The minimum absolute atomic E-state index is 0.169. The predicted octanol–water partition coefficient (Wildman–Crippen LogP) is 0.0389. The van der Waals surface area contributed by atoms with Gasteiger partial charge in [0.2, 0.25) is 0 Å². The van der Waals surface area contributed by atoms with E-state index in [-0.39, 0.29) is 19.8 Å². The van der Waals surface area contributed by atoms with Crippen molar-refractivity contribution in [1.29, 1.82) is 0 Å². The van der Waals surface area contributed by atoms with Crippen LogP contribution in [0.2, 0.25) is 0 Å². The van der Waals surface area contributed by atoms with E-state index in [0.29, 0.717) is 6.61 Å². The molecule has 114 valence electrons. The van der Waals surface area contributed by atoms with Crippen molar-refractivity contribution in [2.45, 2.75) is 57.2 Å². The summed E-state index contributed by atoms with van der Waals surface area (Å²) >= 11 is 0. The van der Waals surface area contributed by atoms with Gasteiger partial charge in [-0.25, -0.2) is 0 Å². The molecule has 1 fully saturated rings. The lowest BCUT2D eigenvalue weighted by atomic mass is 9.97. The minimum atomic E-state index is -1.32. The third-order valence-electron chi connectivity index (χ3n) is 3.16. The number of aliphatic hydroxyl groups excluding tert-OH is 2. The van der Waals surface area contributed by atoms with Gasteiger partial charge in [-0.2, -0.15) is 0 Å². The van der Waals surface area contributed by atoms with E-state index >= 15 is 0 Å². The lowest BCUT2D eigenvalue weighted by molar-refractivity contribution is -0.227. The summed E-state index contributed by atoms with van der Waals surface area (Å²) < 4.78 is 16.7. The highest BCUT2D eigenvalue weighted by atomic mass is 16.7. The second kappa shape index (κ2) is 6.97. The lowest BCUT2D eigenvalue weighted by Crippen LogP contribution is -2.52. The van der Waals surface area contributed by atoms with Gasteiger partial charge in [0, 0.05) is 6.61 Å². The highest BCUT2D eigenvalue weighted by Crippen LogP contribution is 2.32. The molecule has 3 N–H and O–H groups in total. The summed E-state index contributed by atoms with van der Waals surface area (Å²) in [4.78, 5) is 0. The van der Waals surface area contributed by atoms with E-state index in [1.165, 1.54) is 13.8 Å². The molecule has 0 radical (unpaired) electrons. The summed E-state index contributed by atoms with van der Waals surface area (Å²) in [5, 5.41) is 28.7. The van der Waals surface area contributed by atoms with E-state index in [1.807, 2.05) is 6.92 Å². The zero-order valence-corrected chi connectivity index (χ0v) is 12.0. The van der Waals surface area contributed by atoms with E-state index in [2.05, 4.69) is 0 Å². The van der Waals surface area contributed by atoms with Gasteiger partial charge < -0.3 is 29.5 Å². The van der Waals surface area contributed by atoms with Gasteiger partial charge in [-0.15, -0.1) is 0 Å². The quantitative estimate of drug-likeness (QED) is 0.429. The Bertz CT molecular complexity index is 258. The van der Waals surface area contributed by atoms with E-state index in [4.69, 9.17) is 14.2 Å². The van der Waals surface area contributed by atoms with E-state index in [0.717, 1.165) is 12.8 Å². The summed E-state index contributed by atoms with van der Waals surface area (Å²) in [5.74, 6) is -1.32. The third-order valence-corrected chi connectivity index (χ3v) is 3.16. The van der Waals surface area contributed by atoms with E-state index < -0.39 is 23.6 Å². The SMILES string of the molecule is CCCCO[C@@H]1C(OC(C)(C)O)COC1(CO)CO. The van der Waals surface area contributed by atoms with Crippen molar-refractivity contribution in [3.8, 4) is 0 Å². The van der Waals surface area contributed by atoms with Crippen LogP contribution >= 0.6 is 0 Å². The Kier molecular flexibility index (Phi) is 6.16. The number of hydrogen-bond donors (Lipinski definition) is 3. The average molecular weight is 278 g/mol. The highest BCUT2D eigenvalue weighted by Gasteiger charge is 2.52. The molecule has 0 aromatic heterocycles. The maximum Gasteiger partial charge on any atom is 0.160 e. The van der Waals surface area contributed by atoms with Crippen molar-refractivity contribution in [3.05, 3.63) is 0 Å². The first-order valence-corrected chi connectivity index (χ1v) is 6.76. The number of aliphatic hydroxyl groups is 3. The molecule has 0 bridgehead atoms. The molecule has 19 heavy (non-hydrogen) atoms. The molecule has 1 unspecified atom stereocenters. The molecule has 1 saturated heterocycles. The first-order chi connectivity index (χ1) is 8.88. The molecule has 0 aromatic carbocycles. The van der Waals surface area contributed by atoms with Gasteiger partial charge in [0.25, 0.3) is 0 Å². The van der Waals surface area contributed by atoms with Gasteiger partial charge in [-0.05, 0) is 20.3 Å². The average Bonchev–Trinajstić information content (AvgIpc) is 2.67. The summed E-state index contributed by atoms with van der Waals surface area (Å²) in [6.07, 6.45) is 0.741. The molecule has 6 heteroatoms. The fourth-order valence-corrected chi connectivity index (χ4v) is 2.16. The Balaban J connectivity index is 2.75. The van der Waals surface area contributed by atoms with E-state index in [9.17, 15) is 15.3 Å². The predicted molar refractivity (Wildman–Crippen MR) is 68.7 cm³/mol. The number of ether oxygens (including phenoxy) is 3.